The lowest BCUT2D eigenvalue weighted by Crippen LogP contribution is -2.46. The summed E-state index contributed by atoms with van der Waals surface area (Å²) in [5.41, 5.74) is 0. The molecule has 0 amide bonds. The summed E-state index contributed by atoms with van der Waals surface area (Å²) in [6, 6.07) is 1.35. The van der Waals surface area contributed by atoms with Crippen molar-refractivity contribution in [1.29, 1.82) is 0 Å². The molecule has 0 bridgehead atoms. The molecule has 1 unspecified atom stereocenters. The molecule has 1 atom stereocenters. The molecule has 0 fully saturated rings. The zero-order chi connectivity index (χ0) is 14.0. The van der Waals surface area contributed by atoms with Crippen molar-refractivity contribution >= 4 is 0 Å². The molecule has 0 aromatic rings. The number of nitrogens with one attached hydrogen (secondary N) is 1. The molecule has 0 aromatic heterocycles. The maximum atomic E-state index is 3.62. The Bertz CT molecular complexity index is 178. The largest absolute Gasteiger partial charge is 0.315 e. The van der Waals surface area contributed by atoms with Crippen LogP contribution in [0.15, 0.2) is 0 Å². The Hall–Kier alpha value is -0.0800. The molecule has 2 heteroatoms. The average Bonchev–Trinajstić information content (AvgIpc) is 2.30. The molecule has 0 heterocycles. The highest BCUT2D eigenvalue weighted by Gasteiger charge is 2.18. The Morgan fingerprint density at radius 2 is 1.61 bits per heavy atom. The van der Waals surface area contributed by atoms with Crippen molar-refractivity contribution in [3.05, 3.63) is 0 Å². The van der Waals surface area contributed by atoms with E-state index in [2.05, 4.69) is 51.8 Å². The summed E-state index contributed by atoms with van der Waals surface area (Å²) in [5, 5.41) is 3.62. The Morgan fingerprint density at radius 3 is 2.06 bits per heavy atom. The van der Waals surface area contributed by atoms with Crippen molar-refractivity contribution in [2.45, 2.75) is 79.3 Å². The van der Waals surface area contributed by atoms with Gasteiger partial charge in [-0.15, -0.1) is 0 Å². The molecule has 1 N–H and O–H groups in total. The minimum atomic E-state index is 0.660. The lowest BCUT2D eigenvalue weighted by molar-refractivity contribution is 0.142. The second-order valence-corrected chi connectivity index (χ2v) is 6.15. The van der Waals surface area contributed by atoms with Crippen molar-refractivity contribution in [3.8, 4) is 0 Å². The van der Waals surface area contributed by atoms with E-state index in [0.717, 1.165) is 19.0 Å². The van der Waals surface area contributed by atoms with Gasteiger partial charge in [0, 0.05) is 18.6 Å². The fourth-order valence-corrected chi connectivity index (χ4v) is 2.44. The second kappa shape index (κ2) is 10.8. The van der Waals surface area contributed by atoms with Gasteiger partial charge in [-0.25, -0.2) is 0 Å². The van der Waals surface area contributed by atoms with E-state index in [1.807, 2.05) is 0 Å². The summed E-state index contributed by atoms with van der Waals surface area (Å²) >= 11 is 0. The lowest BCUT2D eigenvalue weighted by atomic mass is 10.1. The summed E-state index contributed by atoms with van der Waals surface area (Å²) in [5.74, 6) is 0.745. The van der Waals surface area contributed by atoms with E-state index < -0.39 is 0 Å². The summed E-state index contributed by atoms with van der Waals surface area (Å²) in [7, 11) is 0. The van der Waals surface area contributed by atoms with Crippen LogP contribution in [0.4, 0.5) is 0 Å². The van der Waals surface area contributed by atoms with E-state index >= 15 is 0 Å². The topological polar surface area (TPSA) is 15.3 Å². The van der Waals surface area contributed by atoms with Gasteiger partial charge in [0.05, 0.1) is 0 Å². The van der Waals surface area contributed by atoms with Crippen molar-refractivity contribution in [3.63, 3.8) is 0 Å². The molecule has 18 heavy (non-hydrogen) atoms. The van der Waals surface area contributed by atoms with Crippen LogP contribution in [0.25, 0.3) is 0 Å². The van der Waals surface area contributed by atoms with Crippen LogP contribution in [0.5, 0.6) is 0 Å². The van der Waals surface area contributed by atoms with Gasteiger partial charge in [-0.05, 0) is 45.7 Å². The number of unbranched alkanes of at least 4 members (excludes halogenated alkanes) is 2. The first-order valence-corrected chi connectivity index (χ1v) is 7.99. The molecule has 0 aromatic carbocycles. The Balaban J connectivity index is 4.15. The standard InChI is InChI=1S/C16H36N2/c1-7-9-10-11-18(15(5)6)16(8-2)13-17-12-14(3)4/h14-17H,7-13H2,1-6H3. The van der Waals surface area contributed by atoms with Gasteiger partial charge >= 0.3 is 0 Å². The molecule has 2 nitrogen and oxygen atoms in total. The van der Waals surface area contributed by atoms with Crippen LogP contribution >= 0.6 is 0 Å². The number of nitrogens with zero attached hydrogens (tertiary/aromatic N) is 1. The SMILES string of the molecule is CCCCCN(C(C)C)C(CC)CNCC(C)C. The van der Waals surface area contributed by atoms with Crippen LogP contribution in [0.1, 0.15) is 67.2 Å². The van der Waals surface area contributed by atoms with Crippen LogP contribution in [0.2, 0.25) is 0 Å². The minimum Gasteiger partial charge on any atom is -0.315 e. The fourth-order valence-electron chi connectivity index (χ4n) is 2.44. The molecular weight excluding hydrogens is 220 g/mol. The van der Waals surface area contributed by atoms with E-state index in [-0.39, 0.29) is 0 Å². The van der Waals surface area contributed by atoms with Gasteiger partial charge in [-0.3, -0.25) is 4.90 Å². The summed E-state index contributed by atoms with van der Waals surface area (Å²) in [6.45, 7) is 17.3. The maximum Gasteiger partial charge on any atom is 0.0220 e. The van der Waals surface area contributed by atoms with Gasteiger partial charge in [0.1, 0.15) is 0 Å². The predicted octanol–water partition coefficient (Wildman–Crippen LogP) is 3.91. The molecule has 0 radical (unpaired) electrons. The highest BCUT2D eigenvalue weighted by Crippen LogP contribution is 2.11. The smallest absolute Gasteiger partial charge is 0.0220 e. The van der Waals surface area contributed by atoms with Crippen LogP contribution in [-0.2, 0) is 0 Å². The second-order valence-electron chi connectivity index (χ2n) is 6.15. The molecule has 0 aliphatic carbocycles. The van der Waals surface area contributed by atoms with E-state index in [1.54, 1.807) is 0 Å². The van der Waals surface area contributed by atoms with Crippen LogP contribution in [0.3, 0.4) is 0 Å². The molecule has 0 rings (SSSR count). The summed E-state index contributed by atoms with van der Waals surface area (Å²) in [6.07, 6.45) is 5.26. The van der Waals surface area contributed by atoms with E-state index in [9.17, 15) is 0 Å². The zero-order valence-electron chi connectivity index (χ0n) is 13.6. The van der Waals surface area contributed by atoms with Gasteiger partial charge in [0.15, 0.2) is 0 Å². The van der Waals surface area contributed by atoms with Gasteiger partial charge in [-0.1, -0.05) is 40.5 Å². The Morgan fingerprint density at radius 1 is 0.944 bits per heavy atom. The predicted molar refractivity (Wildman–Crippen MR) is 83.2 cm³/mol. The zero-order valence-corrected chi connectivity index (χ0v) is 13.6. The van der Waals surface area contributed by atoms with Crippen molar-refractivity contribution < 1.29 is 0 Å². The Labute approximate surface area is 116 Å². The van der Waals surface area contributed by atoms with E-state index in [0.29, 0.717) is 12.1 Å². The third kappa shape index (κ3) is 8.10. The van der Waals surface area contributed by atoms with Crippen LogP contribution in [0, 0.1) is 5.92 Å². The average molecular weight is 256 g/mol. The minimum absolute atomic E-state index is 0.660. The maximum absolute atomic E-state index is 3.62. The van der Waals surface area contributed by atoms with Gasteiger partial charge < -0.3 is 5.32 Å². The van der Waals surface area contributed by atoms with Crippen LogP contribution < -0.4 is 5.32 Å². The first-order valence-electron chi connectivity index (χ1n) is 7.99. The molecule has 0 saturated carbocycles. The third-order valence-corrected chi connectivity index (χ3v) is 3.56. The molecule has 0 aliphatic rings. The third-order valence-electron chi connectivity index (χ3n) is 3.56. The van der Waals surface area contributed by atoms with Gasteiger partial charge in [-0.2, -0.15) is 0 Å². The van der Waals surface area contributed by atoms with Gasteiger partial charge in [0.25, 0.3) is 0 Å². The highest BCUT2D eigenvalue weighted by atomic mass is 15.2. The fraction of sp³-hybridized carbons (Fsp3) is 1.00. The molecule has 110 valence electrons. The summed E-state index contributed by atoms with van der Waals surface area (Å²) in [4.78, 5) is 2.68. The number of hydrogen-bond acceptors (Lipinski definition) is 2. The monoisotopic (exact) mass is 256 g/mol. The van der Waals surface area contributed by atoms with E-state index in [4.69, 9.17) is 0 Å². The molecular formula is C16H36N2. The van der Waals surface area contributed by atoms with Crippen molar-refractivity contribution in [2.75, 3.05) is 19.6 Å². The normalized spacial score (nSPS) is 13.8. The molecule has 0 spiro atoms. The Kier molecular flexibility index (Phi) is 10.8. The highest BCUT2D eigenvalue weighted by molar-refractivity contribution is 4.76. The first kappa shape index (κ1) is 17.9. The van der Waals surface area contributed by atoms with Crippen LogP contribution in [-0.4, -0.2) is 36.6 Å². The molecule has 0 saturated heterocycles. The number of hydrogen-bond donors (Lipinski definition) is 1. The van der Waals surface area contributed by atoms with Crippen molar-refractivity contribution in [1.82, 2.24) is 10.2 Å². The quantitative estimate of drug-likeness (QED) is 0.564. The summed E-state index contributed by atoms with van der Waals surface area (Å²) < 4.78 is 0. The number of rotatable bonds is 11. The lowest BCUT2D eigenvalue weighted by Gasteiger charge is -2.35. The molecule has 0 aliphatic heterocycles. The van der Waals surface area contributed by atoms with Crippen molar-refractivity contribution in [2.24, 2.45) is 5.92 Å². The first-order chi connectivity index (χ1) is 8.52. The van der Waals surface area contributed by atoms with E-state index in [1.165, 1.54) is 32.2 Å². The van der Waals surface area contributed by atoms with Gasteiger partial charge in [0.2, 0.25) is 0 Å².